The molecule has 0 aromatic heterocycles. The van der Waals surface area contributed by atoms with Crippen LogP contribution in [0.15, 0.2) is 0 Å². The zero-order valence-corrected chi connectivity index (χ0v) is 10.4. The molecule has 1 amide bonds. The van der Waals surface area contributed by atoms with Gasteiger partial charge in [-0.1, -0.05) is 0 Å². The van der Waals surface area contributed by atoms with E-state index in [9.17, 15) is 4.79 Å². The van der Waals surface area contributed by atoms with Gasteiger partial charge in [0.05, 0.1) is 0 Å². The first-order valence-electron chi connectivity index (χ1n) is 2.23. The molecule has 0 saturated carbocycles. The summed E-state index contributed by atoms with van der Waals surface area (Å²) in [6.45, 7) is 0. The predicted octanol–water partition coefficient (Wildman–Crippen LogP) is 4.01. The van der Waals surface area contributed by atoms with Gasteiger partial charge in [-0.25, -0.2) is 0 Å². The van der Waals surface area contributed by atoms with Crippen molar-refractivity contribution in [1.29, 1.82) is 0 Å². The minimum atomic E-state index is -3.69. The summed E-state index contributed by atoms with van der Waals surface area (Å²) < 4.78 is -3.69. The Morgan fingerprint density at radius 3 is 1.18 bits per heavy atom. The topological polar surface area (TPSA) is 20.3 Å². The van der Waals surface area contributed by atoms with Crippen LogP contribution in [0.4, 0.5) is 0 Å². The van der Waals surface area contributed by atoms with Crippen molar-refractivity contribution < 1.29 is 4.79 Å². The Morgan fingerprint density at radius 1 is 1.09 bits per heavy atom. The molecular formula is C3H7Cl5NOP. The van der Waals surface area contributed by atoms with Crippen molar-refractivity contribution in [3.63, 3.8) is 0 Å². The van der Waals surface area contributed by atoms with Gasteiger partial charge < -0.3 is 4.90 Å². The van der Waals surface area contributed by atoms with Crippen LogP contribution in [0.25, 0.3) is 0 Å². The van der Waals surface area contributed by atoms with E-state index in [0.717, 1.165) is 6.41 Å². The normalized spacial score (nSPS) is 13.5. The van der Waals surface area contributed by atoms with Gasteiger partial charge in [-0.05, 0) is 0 Å². The molecule has 0 spiro atoms. The van der Waals surface area contributed by atoms with Gasteiger partial charge in [0.1, 0.15) is 0 Å². The Kier molecular flexibility index (Phi) is 6.97. The molecule has 0 radical (unpaired) electrons. The van der Waals surface area contributed by atoms with Crippen molar-refractivity contribution in [2.75, 3.05) is 14.1 Å². The average molecular weight is 281 g/mol. The first-order chi connectivity index (χ1) is 4.51. The first-order valence-corrected chi connectivity index (χ1v) is 8.99. The maximum atomic E-state index is 9.43. The van der Waals surface area contributed by atoms with Crippen LogP contribution in [-0.2, 0) is 4.79 Å². The minimum absolute atomic E-state index is 0.750. The van der Waals surface area contributed by atoms with E-state index < -0.39 is 3.37 Å². The average Bonchev–Trinajstić information content (AvgIpc) is 1.59. The van der Waals surface area contributed by atoms with Crippen molar-refractivity contribution in [2.45, 2.75) is 0 Å². The number of rotatable bonds is 1. The quantitative estimate of drug-likeness (QED) is 0.525. The van der Waals surface area contributed by atoms with Crippen LogP contribution in [0.5, 0.6) is 0 Å². The molecule has 0 aliphatic heterocycles. The predicted molar refractivity (Wildman–Crippen MR) is 55.9 cm³/mol. The zero-order chi connectivity index (χ0) is 9.73. The number of nitrogens with zero attached hydrogens (tertiary/aromatic N) is 1. The summed E-state index contributed by atoms with van der Waals surface area (Å²) in [5.41, 5.74) is 0. The van der Waals surface area contributed by atoms with Crippen LogP contribution in [0, 0.1) is 0 Å². The number of hydrogen-bond donors (Lipinski definition) is 0. The number of carbonyl (C=O) groups is 1. The Hall–Kier alpha value is 1.35. The molecule has 8 heteroatoms. The van der Waals surface area contributed by atoms with Crippen LogP contribution >= 0.6 is 59.6 Å². The van der Waals surface area contributed by atoms with E-state index in [-0.39, 0.29) is 0 Å². The van der Waals surface area contributed by atoms with Crippen molar-refractivity contribution >= 4 is 66.0 Å². The summed E-state index contributed by atoms with van der Waals surface area (Å²) in [6, 6.07) is 0. The number of halogens is 5. The fraction of sp³-hybridized carbons (Fsp3) is 0.667. The second-order valence-electron chi connectivity index (χ2n) is 1.71. The van der Waals surface area contributed by atoms with E-state index in [2.05, 4.69) is 0 Å². The van der Waals surface area contributed by atoms with Crippen molar-refractivity contribution in [1.82, 2.24) is 4.90 Å². The Labute approximate surface area is 89.5 Å². The summed E-state index contributed by atoms with van der Waals surface area (Å²) >= 11 is 24.9. The van der Waals surface area contributed by atoms with E-state index in [1.807, 2.05) is 0 Å². The van der Waals surface area contributed by atoms with Gasteiger partial charge in [-0.15, -0.1) is 0 Å². The van der Waals surface area contributed by atoms with E-state index in [1.165, 1.54) is 4.90 Å². The van der Waals surface area contributed by atoms with E-state index >= 15 is 0 Å². The molecule has 0 fully saturated rings. The SMILES string of the molecule is CN(C)C=O.ClP(Cl)(Cl)(Cl)Cl. The molecule has 0 aliphatic carbocycles. The fourth-order valence-corrected chi connectivity index (χ4v) is 0. The number of amides is 1. The first kappa shape index (κ1) is 14.9. The molecule has 0 bridgehead atoms. The van der Waals surface area contributed by atoms with Crippen LogP contribution in [-0.4, -0.2) is 25.4 Å². The Morgan fingerprint density at radius 2 is 1.18 bits per heavy atom. The molecule has 0 N–H and O–H groups in total. The van der Waals surface area contributed by atoms with Gasteiger partial charge >= 0.3 is 59.6 Å². The third-order valence-corrected chi connectivity index (χ3v) is 0.211. The summed E-state index contributed by atoms with van der Waals surface area (Å²) in [5, 5.41) is 0. The van der Waals surface area contributed by atoms with Gasteiger partial charge in [-0.2, -0.15) is 0 Å². The summed E-state index contributed by atoms with van der Waals surface area (Å²) in [5.74, 6) is 0. The van der Waals surface area contributed by atoms with Gasteiger partial charge in [0.15, 0.2) is 0 Å². The molecule has 0 aromatic rings. The van der Waals surface area contributed by atoms with Gasteiger partial charge in [-0.3, -0.25) is 4.79 Å². The van der Waals surface area contributed by atoms with Crippen molar-refractivity contribution in [3.8, 4) is 0 Å². The van der Waals surface area contributed by atoms with E-state index in [0.29, 0.717) is 0 Å². The maximum absolute atomic E-state index is 9.43. The molecular weight excluding hydrogens is 274 g/mol. The molecule has 0 saturated heterocycles. The number of hydrogen-bond acceptors (Lipinski definition) is 1. The van der Waals surface area contributed by atoms with Crippen molar-refractivity contribution in [2.24, 2.45) is 0 Å². The molecule has 0 unspecified atom stereocenters. The van der Waals surface area contributed by atoms with Crippen LogP contribution in [0.1, 0.15) is 0 Å². The van der Waals surface area contributed by atoms with Crippen molar-refractivity contribution in [3.05, 3.63) is 0 Å². The second kappa shape index (κ2) is 5.16. The summed E-state index contributed by atoms with van der Waals surface area (Å²) in [7, 11) is 3.38. The van der Waals surface area contributed by atoms with Gasteiger partial charge in [0.25, 0.3) is 0 Å². The second-order valence-corrected chi connectivity index (χ2v) is 18.3. The summed E-state index contributed by atoms with van der Waals surface area (Å²) in [6.07, 6.45) is 0.750. The molecule has 2 nitrogen and oxygen atoms in total. The third-order valence-electron chi connectivity index (χ3n) is 0.211. The third kappa shape index (κ3) is 88.4. The van der Waals surface area contributed by atoms with Crippen LogP contribution in [0.3, 0.4) is 0 Å². The van der Waals surface area contributed by atoms with E-state index in [1.54, 1.807) is 14.1 Å². The summed E-state index contributed by atoms with van der Waals surface area (Å²) in [4.78, 5) is 10.9. The Bertz CT molecular complexity index is 112. The molecule has 0 aliphatic rings. The van der Waals surface area contributed by atoms with Gasteiger partial charge in [0.2, 0.25) is 6.41 Å². The monoisotopic (exact) mass is 279 g/mol. The molecule has 70 valence electrons. The zero-order valence-electron chi connectivity index (χ0n) is 5.77. The molecule has 0 atom stereocenters. The van der Waals surface area contributed by atoms with Crippen LogP contribution < -0.4 is 0 Å². The molecule has 0 heterocycles. The van der Waals surface area contributed by atoms with E-state index in [4.69, 9.17) is 56.2 Å². The molecule has 0 aromatic carbocycles. The number of carbonyl (C=O) groups excluding carboxylic acids is 1. The molecule has 0 rings (SSSR count). The Balaban J connectivity index is 0. The van der Waals surface area contributed by atoms with Gasteiger partial charge in [0, 0.05) is 14.1 Å². The van der Waals surface area contributed by atoms with Crippen LogP contribution in [0.2, 0.25) is 0 Å². The standard InChI is InChI=1S/C3H7NO.Cl5P/c1-4(2)3-5;1-6(2,3,4)5/h3H,1-2H3;. The fourth-order valence-electron chi connectivity index (χ4n) is 0. The molecule has 11 heavy (non-hydrogen) atoms.